The van der Waals surface area contributed by atoms with Crippen molar-refractivity contribution in [3.63, 3.8) is 0 Å². The molecule has 0 unspecified atom stereocenters. The Labute approximate surface area is 217 Å². The summed E-state index contributed by atoms with van der Waals surface area (Å²) in [6.45, 7) is 2.02. The molecule has 4 aromatic rings. The summed E-state index contributed by atoms with van der Waals surface area (Å²) in [5.74, 6) is 0.125. The van der Waals surface area contributed by atoms with Gasteiger partial charge in [-0.3, -0.25) is 4.68 Å². The number of aromatic hydroxyl groups is 1. The number of aryl methyl sites for hydroxylation is 1. The lowest BCUT2D eigenvalue weighted by atomic mass is 9.96. The number of rotatable bonds is 7. The zero-order valence-electron chi connectivity index (χ0n) is 20.3. The molecule has 0 fully saturated rings. The minimum Gasteiger partial charge on any atom is -0.506 e. The van der Waals surface area contributed by atoms with Gasteiger partial charge >= 0.3 is 6.18 Å². The fourth-order valence-electron chi connectivity index (χ4n) is 3.91. The van der Waals surface area contributed by atoms with Gasteiger partial charge in [-0.1, -0.05) is 41.9 Å². The molecular formula is C27H24ClF3N4O2. The molecule has 0 radical (unpaired) electrons. The van der Waals surface area contributed by atoms with Crippen molar-refractivity contribution in [3.8, 4) is 33.9 Å². The largest absolute Gasteiger partial charge is 0.506 e. The molecule has 0 bridgehead atoms. The van der Waals surface area contributed by atoms with Crippen LogP contribution in [-0.4, -0.2) is 27.6 Å². The topological polar surface area (TPSA) is 71.7 Å². The molecule has 2 N–H and O–H groups in total. The Kier molecular flexibility index (Phi) is 7.45. The van der Waals surface area contributed by atoms with Gasteiger partial charge in [0.25, 0.3) is 0 Å². The quantitative estimate of drug-likeness (QED) is 0.208. The monoisotopic (exact) mass is 528 g/mol. The molecule has 0 spiro atoms. The molecule has 37 heavy (non-hydrogen) atoms. The average Bonchev–Trinajstić information content (AvgIpc) is 3.26. The van der Waals surface area contributed by atoms with Gasteiger partial charge in [0.05, 0.1) is 17.0 Å². The highest BCUT2D eigenvalue weighted by Gasteiger charge is 2.35. The van der Waals surface area contributed by atoms with Crippen LogP contribution in [0.25, 0.3) is 22.4 Å². The van der Waals surface area contributed by atoms with E-state index in [2.05, 4.69) is 15.6 Å². The van der Waals surface area contributed by atoms with E-state index in [9.17, 15) is 18.3 Å². The molecule has 192 valence electrons. The summed E-state index contributed by atoms with van der Waals surface area (Å²) in [6.07, 6.45) is -4.62. The summed E-state index contributed by atoms with van der Waals surface area (Å²) >= 11 is 5.97. The van der Waals surface area contributed by atoms with Crippen molar-refractivity contribution < 1.29 is 23.0 Å². The Morgan fingerprint density at radius 1 is 1.11 bits per heavy atom. The van der Waals surface area contributed by atoms with Crippen LogP contribution in [0.15, 0.2) is 71.8 Å². The average molecular weight is 529 g/mol. The van der Waals surface area contributed by atoms with E-state index in [1.54, 1.807) is 37.4 Å². The van der Waals surface area contributed by atoms with Crippen molar-refractivity contribution in [2.24, 2.45) is 12.1 Å². The maximum atomic E-state index is 13.3. The zero-order chi connectivity index (χ0) is 26.7. The van der Waals surface area contributed by atoms with Crippen LogP contribution in [-0.2, 0) is 19.8 Å². The first kappa shape index (κ1) is 26.1. The highest BCUT2D eigenvalue weighted by Crippen LogP contribution is 2.45. The third-order valence-electron chi connectivity index (χ3n) is 5.74. The number of aromatic nitrogens is 2. The van der Waals surface area contributed by atoms with Gasteiger partial charge in [-0.2, -0.15) is 23.4 Å². The number of nitrogens with one attached hydrogen (secondary N) is 1. The van der Waals surface area contributed by atoms with Gasteiger partial charge in [-0.05, 0) is 60.0 Å². The van der Waals surface area contributed by atoms with Gasteiger partial charge in [0, 0.05) is 24.7 Å². The summed E-state index contributed by atoms with van der Waals surface area (Å²) in [7, 11) is 3.08. The molecule has 10 heteroatoms. The molecule has 1 heterocycles. The third-order valence-corrected chi connectivity index (χ3v) is 5.99. The molecule has 0 aliphatic rings. The number of hydrogen-bond acceptors (Lipinski definition) is 5. The number of ether oxygens (including phenoxy) is 1. The number of alkyl halides is 3. The van der Waals surface area contributed by atoms with Crippen LogP contribution in [0.5, 0.6) is 11.5 Å². The number of benzene rings is 3. The summed E-state index contributed by atoms with van der Waals surface area (Å²) in [5.41, 5.74) is 5.29. The Balaban J connectivity index is 1.84. The lowest BCUT2D eigenvalue weighted by molar-refractivity contribution is -0.141. The van der Waals surface area contributed by atoms with Crippen LogP contribution in [0, 0.1) is 0 Å². The van der Waals surface area contributed by atoms with Crippen molar-refractivity contribution in [1.82, 2.24) is 15.2 Å². The molecule has 0 amide bonds. The van der Waals surface area contributed by atoms with Gasteiger partial charge in [-0.25, -0.2) is 0 Å². The fraction of sp³-hybridized carbons (Fsp3) is 0.185. The number of hydrazone groups is 1. The number of phenolic OH excluding ortho intramolecular Hbond substituents is 1. The van der Waals surface area contributed by atoms with Crippen molar-refractivity contribution in [2.45, 2.75) is 19.7 Å². The molecule has 1 aromatic heterocycles. The second kappa shape index (κ2) is 10.6. The van der Waals surface area contributed by atoms with Crippen LogP contribution in [0.2, 0.25) is 5.02 Å². The van der Waals surface area contributed by atoms with Crippen molar-refractivity contribution in [3.05, 3.63) is 88.6 Å². The van der Waals surface area contributed by atoms with Crippen LogP contribution in [0.1, 0.15) is 23.7 Å². The third kappa shape index (κ3) is 5.72. The minimum absolute atomic E-state index is 0.111. The van der Waals surface area contributed by atoms with Crippen molar-refractivity contribution in [1.29, 1.82) is 0 Å². The highest BCUT2D eigenvalue weighted by molar-refractivity contribution is 6.30. The fourth-order valence-corrected chi connectivity index (χ4v) is 4.04. The zero-order valence-corrected chi connectivity index (χ0v) is 21.0. The Bertz CT molecular complexity index is 1450. The van der Waals surface area contributed by atoms with E-state index in [-0.39, 0.29) is 23.6 Å². The molecule has 0 aliphatic heterocycles. The SMILES string of the molecule is CN/N=C(\C)c1cccc(-c2c(OCc3ccc(Cl)cc3)ccc(-c3cc(C(F)(F)F)nn3C)c2O)c1. The Morgan fingerprint density at radius 3 is 2.49 bits per heavy atom. The van der Waals surface area contributed by atoms with Crippen molar-refractivity contribution >= 4 is 17.3 Å². The van der Waals surface area contributed by atoms with Gasteiger partial charge < -0.3 is 15.3 Å². The first-order valence-electron chi connectivity index (χ1n) is 11.2. The second-order valence-corrected chi connectivity index (χ2v) is 8.72. The Morgan fingerprint density at radius 2 is 1.84 bits per heavy atom. The van der Waals surface area contributed by atoms with Gasteiger partial charge in [-0.15, -0.1) is 0 Å². The molecule has 3 aromatic carbocycles. The van der Waals surface area contributed by atoms with Crippen LogP contribution in [0.3, 0.4) is 0 Å². The summed E-state index contributed by atoms with van der Waals surface area (Å²) in [5, 5.41) is 19.8. The predicted octanol–water partition coefficient (Wildman–Crippen LogP) is 6.65. The van der Waals surface area contributed by atoms with Crippen LogP contribution in [0.4, 0.5) is 13.2 Å². The molecule has 0 atom stereocenters. The minimum atomic E-state index is -4.62. The standard InChI is InChI=1S/C27H24ClF3N4O2/c1-16(33-32-2)18-5-4-6-19(13-18)25-23(37-15-17-7-9-20(28)10-8-17)12-11-21(26(25)36)22-14-24(27(29,30)31)34-35(22)3/h4-14,32,36H,15H2,1-3H3/b33-16+. The second-order valence-electron chi connectivity index (χ2n) is 8.29. The van der Waals surface area contributed by atoms with Gasteiger partial charge in [0.15, 0.2) is 5.69 Å². The summed E-state index contributed by atoms with van der Waals surface area (Å²) < 4.78 is 47.0. The summed E-state index contributed by atoms with van der Waals surface area (Å²) in [6, 6.07) is 18.5. The van der Waals surface area contributed by atoms with Gasteiger partial charge in [0.1, 0.15) is 18.1 Å². The highest BCUT2D eigenvalue weighted by atomic mass is 35.5. The van der Waals surface area contributed by atoms with E-state index < -0.39 is 11.9 Å². The maximum absolute atomic E-state index is 13.3. The number of hydrogen-bond donors (Lipinski definition) is 2. The number of nitrogens with zero attached hydrogens (tertiary/aromatic N) is 3. The van der Waals surface area contributed by atoms with E-state index >= 15 is 0 Å². The van der Waals surface area contributed by atoms with Crippen LogP contribution >= 0.6 is 11.6 Å². The van der Waals surface area contributed by atoms with Crippen LogP contribution < -0.4 is 10.2 Å². The Hall–Kier alpha value is -3.98. The molecule has 0 saturated carbocycles. The smallest absolute Gasteiger partial charge is 0.435 e. The van der Waals surface area contributed by atoms with E-state index in [4.69, 9.17) is 16.3 Å². The molecule has 4 rings (SSSR count). The molecule has 0 saturated heterocycles. The van der Waals surface area contributed by atoms with Crippen molar-refractivity contribution in [2.75, 3.05) is 7.05 Å². The van der Waals surface area contributed by atoms with E-state index in [1.165, 1.54) is 13.1 Å². The van der Waals surface area contributed by atoms with Gasteiger partial charge in [0.2, 0.25) is 0 Å². The first-order valence-corrected chi connectivity index (χ1v) is 11.6. The number of phenols is 1. The molecule has 0 aliphatic carbocycles. The van der Waals surface area contributed by atoms with E-state index in [0.29, 0.717) is 27.6 Å². The van der Waals surface area contributed by atoms with E-state index in [1.807, 2.05) is 31.2 Å². The predicted molar refractivity (Wildman–Crippen MR) is 138 cm³/mol. The molecule has 6 nitrogen and oxygen atoms in total. The lowest BCUT2D eigenvalue weighted by Crippen LogP contribution is -2.06. The molecular weight excluding hydrogens is 505 g/mol. The normalized spacial score (nSPS) is 12.0. The van der Waals surface area contributed by atoms with E-state index in [0.717, 1.165) is 21.9 Å². The number of halogens is 4. The first-order chi connectivity index (χ1) is 17.6. The lowest BCUT2D eigenvalue weighted by Gasteiger charge is -2.17. The summed E-state index contributed by atoms with van der Waals surface area (Å²) in [4.78, 5) is 0. The maximum Gasteiger partial charge on any atom is 0.435 e.